The van der Waals surface area contributed by atoms with Crippen molar-refractivity contribution in [3.8, 4) is 0 Å². The van der Waals surface area contributed by atoms with E-state index in [1.54, 1.807) is 0 Å². The molecule has 0 atom stereocenters. The third-order valence-electron chi connectivity index (χ3n) is 5.52. The highest BCUT2D eigenvalue weighted by Crippen LogP contribution is 2.16. The fourth-order valence-electron chi connectivity index (χ4n) is 3.58. The Morgan fingerprint density at radius 3 is 1.24 bits per heavy atom. The molecule has 0 aromatic heterocycles. The van der Waals surface area contributed by atoms with Gasteiger partial charge >= 0.3 is 6.98 Å². The number of hydrogen-bond donors (Lipinski definition) is 0. The van der Waals surface area contributed by atoms with E-state index in [0.717, 1.165) is 25.7 Å². The second-order valence-corrected chi connectivity index (χ2v) is 8.55. The minimum atomic E-state index is -4.71. The van der Waals surface area contributed by atoms with Gasteiger partial charge in [-0.3, -0.25) is 0 Å². The Morgan fingerprint density at radius 2 is 0.931 bits per heavy atom. The first kappa shape index (κ1) is 30.7. The van der Waals surface area contributed by atoms with E-state index in [2.05, 4.69) is 34.6 Å². The zero-order valence-corrected chi connectivity index (χ0v) is 20.3. The third-order valence-corrected chi connectivity index (χ3v) is 5.52. The average molecular weight is 421 g/mol. The van der Waals surface area contributed by atoms with Gasteiger partial charge in [0.05, 0.1) is 26.2 Å². The highest BCUT2D eigenvalue weighted by atomic mass is 19.4. The normalized spacial score (nSPS) is 12.3. The molecular formula is C24H51BF3N. The number of quaternary nitrogens is 1. The Kier molecular flexibility index (Phi) is 22.1. The van der Waals surface area contributed by atoms with Crippen LogP contribution in [0.2, 0.25) is 0 Å². The molecule has 0 bridgehead atoms. The first-order chi connectivity index (χ1) is 13.8. The molecule has 0 saturated heterocycles. The van der Waals surface area contributed by atoms with Gasteiger partial charge in [-0.05, 0) is 38.5 Å². The maximum Gasteiger partial charge on any atom is 0.502 e. The molecule has 0 spiro atoms. The van der Waals surface area contributed by atoms with E-state index < -0.39 is 6.98 Å². The fourth-order valence-corrected chi connectivity index (χ4v) is 3.58. The minimum absolute atomic E-state index is 0.381. The first-order valence-electron chi connectivity index (χ1n) is 12.5. The summed E-state index contributed by atoms with van der Waals surface area (Å²) in [5.74, 6) is 0.381. The summed E-state index contributed by atoms with van der Waals surface area (Å²) in [7, 11) is 0. The number of halogens is 3. The van der Waals surface area contributed by atoms with Crippen molar-refractivity contribution in [1.82, 2.24) is 0 Å². The van der Waals surface area contributed by atoms with Crippen molar-refractivity contribution in [2.24, 2.45) is 0 Å². The lowest BCUT2D eigenvalue weighted by molar-refractivity contribution is -0.929. The van der Waals surface area contributed by atoms with E-state index in [9.17, 15) is 12.9 Å². The Balaban J connectivity index is 0. The van der Waals surface area contributed by atoms with Crippen molar-refractivity contribution in [3.05, 3.63) is 12.1 Å². The van der Waals surface area contributed by atoms with Gasteiger partial charge in [-0.25, -0.2) is 0 Å². The molecule has 0 radical (unpaired) electrons. The number of rotatable bonds is 18. The van der Waals surface area contributed by atoms with Gasteiger partial charge in [-0.1, -0.05) is 79.6 Å². The molecule has 5 heteroatoms. The van der Waals surface area contributed by atoms with Crippen molar-refractivity contribution in [2.75, 3.05) is 26.2 Å². The van der Waals surface area contributed by atoms with Crippen LogP contribution in [-0.2, 0) is 0 Å². The summed E-state index contributed by atoms with van der Waals surface area (Å²) in [6.45, 7) is 12.4. The van der Waals surface area contributed by atoms with Crippen LogP contribution in [0.4, 0.5) is 12.9 Å². The molecule has 176 valence electrons. The van der Waals surface area contributed by atoms with Gasteiger partial charge in [0, 0.05) is 0 Å². The Morgan fingerprint density at radius 1 is 0.552 bits per heavy atom. The van der Waals surface area contributed by atoms with Gasteiger partial charge in [0.15, 0.2) is 0 Å². The van der Waals surface area contributed by atoms with Crippen molar-refractivity contribution >= 4 is 6.98 Å². The van der Waals surface area contributed by atoms with E-state index >= 15 is 0 Å². The monoisotopic (exact) mass is 421 g/mol. The van der Waals surface area contributed by atoms with Crippen LogP contribution in [0.5, 0.6) is 0 Å². The lowest BCUT2D eigenvalue weighted by atomic mass is 9.91. The molecule has 29 heavy (non-hydrogen) atoms. The summed E-state index contributed by atoms with van der Waals surface area (Å²) in [5.41, 5.74) is 0. The average Bonchev–Trinajstić information content (AvgIpc) is 2.69. The molecule has 0 aliphatic rings. The van der Waals surface area contributed by atoms with Crippen LogP contribution in [0.25, 0.3) is 0 Å². The summed E-state index contributed by atoms with van der Waals surface area (Å²) < 4.78 is 36.2. The minimum Gasteiger partial charge on any atom is -0.445 e. The molecule has 0 rings (SSSR count). The molecule has 0 aromatic rings. The molecule has 0 aliphatic heterocycles. The zero-order valence-electron chi connectivity index (χ0n) is 20.3. The third kappa shape index (κ3) is 22.1. The highest BCUT2D eigenvalue weighted by Gasteiger charge is 2.24. The van der Waals surface area contributed by atoms with E-state index in [-0.39, 0.29) is 0 Å². The summed E-state index contributed by atoms with van der Waals surface area (Å²) in [6, 6.07) is 0. The van der Waals surface area contributed by atoms with Crippen LogP contribution in [0.15, 0.2) is 12.1 Å². The van der Waals surface area contributed by atoms with Crippen LogP contribution in [0.3, 0.4) is 0 Å². The van der Waals surface area contributed by atoms with E-state index in [1.165, 1.54) is 88.1 Å². The van der Waals surface area contributed by atoms with Gasteiger partial charge in [0.2, 0.25) is 0 Å². The summed E-state index contributed by atoms with van der Waals surface area (Å²) in [6.07, 6.45) is 17.0. The zero-order chi connectivity index (χ0) is 22.4. The largest absolute Gasteiger partial charge is 0.502 e. The number of unbranched alkanes of at least 4 members (excludes halogenated alkanes) is 8. The molecule has 0 amide bonds. The summed E-state index contributed by atoms with van der Waals surface area (Å²) in [5, 5.41) is 0. The molecule has 0 unspecified atom stereocenters. The second-order valence-electron chi connectivity index (χ2n) is 8.55. The lowest BCUT2D eigenvalue weighted by Gasteiger charge is -2.39. The molecule has 0 saturated carbocycles. The topological polar surface area (TPSA) is 0 Å². The van der Waals surface area contributed by atoms with Gasteiger partial charge in [0.1, 0.15) is 0 Å². The maximum absolute atomic E-state index is 11.6. The van der Waals surface area contributed by atoms with E-state index in [0.29, 0.717) is 12.4 Å². The van der Waals surface area contributed by atoms with Crippen molar-refractivity contribution in [1.29, 1.82) is 0 Å². The van der Waals surface area contributed by atoms with Crippen molar-refractivity contribution in [3.63, 3.8) is 0 Å². The van der Waals surface area contributed by atoms with Crippen molar-refractivity contribution < 1.29 is 17.4 Å². The van der Waals surface area contributed by atoms with Crippen LogP contribution < -0.4 is 0 Å². The summed E-state index contributed by atoms with van der Waals surface area (Å²) in [4.78, 5) is 0. The van der Waals surface area contributed by atoms with Gasteiger partial charge in [0.25, 0.3) is 0 Å². The maximum atomic E-state index is 11.6. The predicted octanol–water partition coefficient (Wildman–Crippen LogP) is 8.90. The first-order valence-corrected chi connectivity index (χ1v) is 12.5. The number of allylic oxidation sites excluding steroid dienone is 1. The predicted molar refractivity (Wildman–Crippen MR) is 126 cm³/mol. The fraction of sp³-hybridized carbons (Fsp3) is 0.917. The number of nitrogens with zero attached hydrogens (tertiary/aromatic N) is 1. The van der Waals surface area contributed by atoms with Gasteiger partial charge < -0.3 is 17.4 Å². The molecule has 0 aromatic carbocycles. The molecule has 0 fully saturated rings. The van der Waals surface area contributed by atoms with Gasteiger partial charge in [-0.2, -0.15) is 0 Å². The quantitative estimate of drug-likeness (QED) is 0.118. The molecular weight excluding hydrogens is 370 g/mol. The molecule has 1 nitrogen and oxygen atoms in total. The van der Waals surface area contributed by atoms with E-state index in [4.69, 9.17) is 0 Å². The van der Waals surface area contributed by atoms with Crippen molar-refractivity contribution in [2.45, 2.75) is 118 Å². The van der Waals surface area contributed by atoms with Gasteiger partial charge in [-0.15, -0.1) is 12.1 Å². The lowest BCUT2D eigenvalue weighted by Crippen LogP contribution is -2.50. The summed E-state index contributed by atoms with van der Waals surface area (Å²) >= 11 is 0. The Bertz CT molecular complexity index is 319. The Hall–Kier alpha value is -0.445. The second kappa shape index (κ2) is 20.8. The molecule has 0 heterocycles. The van der Waals surface area contributed by atoms with Crippen LogP contribution in [0, 0.1) is 0 Å². The van der Waals surface area contributed by atoms with Crippen LogP contribution >= 0.6 is 0 Å². The van der Waals surface area contributed by atoms with Crippen LogP contribution in [-0.4, -0.2) is 37.6 Å². The van der Waals surface area contributed by atoms with Crippen LogP contribution in [0.1, 0.15) is 118 Å². The standard InChI is InChI=1S/C16H36N.C8H15BF3/c1-5-9-13-17(14-10-6-2,15-11-7-3)16-12-8-4;1-2-3-4-5-6-7-8-9(10,11)12/h5-16H2,1-4H3;7-8H,2-6H2,1H3/q+1;-1/b;8-7+. The molecule has 0 N–H and O–H groups in total. The molecule has 0 aliphatic carbocycles. The highest BCUT2D eigenvalue weighted by molar-refractivity contribution is 6.64. The SMILES string of the molecule is CCCCCC/C=C/[B-](F)(F)F.CCCC[N+](CCCC)(CCCC)CCCC. The number of hydrogen-bond acceptors (Lipinski definition) is 0. The Labute approximate surface area is 181 Å². The van der Waals surface area contributed by atoms with E-state index in [1.807, 2.05) is 0 Å². The smallest absolute Gasteiger partial charge is 0.445 e.